The van der Waals surface area contributed by atoms with E-state index in [1.165, 1.54) is 5.56 Å². The number of aryl methyl sites for hydroxylation is 1. The van der Waals surface area contributed by atoms with Gasteiger partial charge in [0, 0.05) is 0 Å². The van der Waals surface area contributed by atoms with Gasteiger partial charge in [0.05, 0.1) is 0 Å². The summed E-state index contributed by atoms with van der Waals surface area (Å²) in [5.74, 6) is 0.831. The number of rotatable bonds is 6. The van der Waals surface area contributed by atoms with Crippen molar-refractivity contribution >= 4 is 59.5 Å². The van der Waals surface area contributed by atoms with E-state index in [1.54, 1.807) is 11.3 Å². The number of thiazole rings is 1. The van der Waals surface area contributed by atoms with Crippen molar-refractivity contribution in [1.29, 1.82) is 0 Å². The second-order valence-electron chi connectivity index (χ2n) is 5.96. The quantitative estimate of drug-likeness (QED) is 0.301. The van der Waals surface area contributed by atoms with Gasteiger partial charge in [0.1, 0.15) is 0 Å². The van der Waals surface area contributed by atoms with Gasteiger partial charge in [-0.3, -0.25) is 0 Å². The van der Waals surface area contributed by atoms with E-state index in [1.807, 2.05) is 36.5 Å². The molecule has 0 N–H and O–H groups in total. The molecule has 3 aromatic rings. The van der Waals surface area contributed by atoms with Crippen LogP contribution in [0.3, 0.4) is 0 Å². The van der Waals surface area contributed by atoms with Gasteiger partial charge in [0.15, 0.2) is 0 Å². The Morgan fingerprint density at radius 3 is 2.72 bits per heavy atom. The van der Waals surface area contributed by atoms with Crippen molar-refractivity contribution in [3.63, 3.8) is 0 Å². The Balaban J connectivity index is 1.87. The van der Waals surface area contributed by atoms with Crippen LogP contribution in [0.1, 0.15) is 25.0 Å². The number of halogens is 1. The van der Waals surface area contributed by atoms with E-state index in [0.29, 0.717) is 0 Å². The standard InChI is InChI=1S/C15H12N2OS.2C2H5.ClH.Sn/c1-10-6-7-12-14(8-10)19-15(17-12)16-9-11-4-2-3-5-13(11)18;2*1-2;;/h2-9,18H,1H3;2*1H2,2H3;1H;/q;;;;+2/p-2. The van der Waals surface area contributed by atoms with Gasteiger partial charge in [0.2, 0.25) is 0 Å². The van der Waals surface area contributed by atoms with Crippen molar-refractivity contribution in [1.82, 2.24) is 4.98 Å². The first-order chi connectivity index (χ1) is 12.0. The molecule has 0 saturated heterocycles. The average molecular weight is 480 g/mol. The molecule has 2 aromatic carbocycles. The molecule has 0 aliphatic rings. The molecule has 0 spiro atoms. The molecule has 0 unspecified atom stereocenters. The summed E-state index contributed by atoms with van der Waals surface area (Å²) in [6.07, 6.45) is 1.83. The van der Waals surface area contributed by atoms with E-state index in [4.69, 9.17) is 12.0 Å². The van der Waals surface area contributed by atoms with Crippen LogP contribution in [0, 0.1) is 6.92 Å². The molecule has 3 rings (SSSR count). The summed E-state index contributed by atoms with van der Waals surface area (Å²) in [6, 6.07) is 14.2. The number of benzene rings is 2. The molecule has 0 atom stereocenters. The van der Waals surface area contributed by atoms with Gasteiger partial charge in [-0.15, -0.1) is 0 Å². The van der Waals surface area contributed by atoms with E-state index >= 15 is 0 Å². The summed E-state index contributed by atoms with van der Waals surface area (Å²) in [7, 11) is 6.73. The van der Waals surface area contributed by atoms with Crippen molar-refractivity contribution in [2.24, 2.45) is 4.99 Å². The van der Waals surface area contributed by atoms with Crippen molar-refractivity contribution in [2.75, 3.05) is 0 Å². The first-order valence-electron chi connectivity index (χ1n) is 8.41. The predicted octanol–water partition coefficient (Wildman–Crippen LogP) is 6.45. The van der Waals surface area contributed by atoms with Crippen LogP contribution in [0.25, 0.3) is 10.2 Å². The van der Waals surface area contributed by atoms with Crippen LogP contribution in [-0.2, 0) is 0 Å². The number of aliphatic imine (C=N–C) groups is 1. The molecule has 0 aliphatic heterocycles. The van der Waals surface area contributed by atoms with Crippen molar-refractivity contribution in [3.8, 4) is 5.75 Å². The summed E-state index contributed by atoms with van der Waals surface area (Å²) >= 11 is -1.40. The van der Waals surface area contributed by atoms with Gasteiger partial charge in [-0.2, -0.15) is 0 Å². The van der Waals surface area contributed by atoms with E-state index in [2.05, 4.69) is 42.9 Å². The number of nitrogens with zero attached hydrogens (tertiary/aromatic N) is 2. The van der Waals surface area contributed by atoms with E-state index in [-0.39, 0.29) is 0 Å². The third kappa shape index (κ3) is 4.54. The van der Waals surface area contributed by atoms with Gasteiger partial charge in [-0.25, -0.2) is 0 Å². The molecule has 6 heteroatoms. The second-order valence-corrected chi connectivity index (χ2v) is 21.2. The molecule has 1 heterocycles. The molecule has 0 bridgehead atoms. The summed E-state index contributed by atoms with van der Waals surface area (Å²) in [5, 5.41) is 0.752. The molecular formula is C19H21ClN2OSSn. The molecule has 0 fully saturated rings. The topological polar surface area (TPSA) is 34.5 Å². The zero-order chi connectivity index (χ0) is 17.9. The van der Waals surface area contributed by atoms with E-state index in [0.717, 1.165) is 35.5 Å². The average Bonchev–Trinajstić information content (AvgIpc) is 3.02. The van der Waals surface area contributed by atoms with Crippen LogP contribution < -0.4 is 3.07 Å². The Labute approximate surface area is 160 Å². The number of aromatic nitrogens is 1. The monoisotopic (exact) mass is 480 g/mol. The fourth-order valence-electron chi connectivity index (χ4n) is 2.47. The molecule has 0 radical (unpaired) electrons. The van der Waals surface area contributed by atoms with Crippen LogP contribution in [0.4, 0.5) is 5.13 Å². The Hall–Kier alpha value is -1.11. The first-order valence-corrected chi connectivity index (χ1v) is 18.0. The van der Waals surface area contributed by atoms with Crippen LogP contribution in [-0.4, -0.2) is 28.9 Å². The Kier molecular flexibility index (Phi) is 6.02. The Bertz CT molecular complexity index is 905. The van der Waals surface area contributed by atoms with Gasteiger partial charge in [-0.05, 0) is 0 Å². The molecule has 3 nitrogen and oxygen atoms in total. The minimum atomic E-state index is -3.00. The third-order valence-electron chi connectivity index (χ3n) is 4.11. The van der Waals surface area contributed by atoms with Crippen LogP contribution in [0.5, 0.6) is 5.75 Å². The summed E-state index contributed by atoms with van der Waals surface area (Å²) in [6.45, 7) is 6.32. The predicted molar refractivity (Wildman–Crippen MR) is 111 cm³/mol. The molecule has 0 saturated carbocycles. The molecule has 25 heavy (non-hydrogen) atoms. The number of hydrogen-bond donors (Lipinski definition) is 0. The van der Waals surface area contributed by atoms with Gasteiger partial charge in [0.25, 0.3) is 0 Å². The van der Waals surface area contributed by atoms with E-state index in [9.17, 15) is 0 Å². The van der Waals surface area contributed by atoms with Gasteiger partial charge >= 0.3 is 162 Å². The SMILES string of the molecule is C[CH2][Sn]([Cl])([CH2]C)[O]c1ccccc1C=Nc1nc2ccc(C)cc2s1. The third-order valence-corrected chi connectivity index (χ3v) is 16.8. The maximum atomic E-state index is 6.73. The number of para-hydroxylation sites is 1. The summed E-state index contributed by atoms with van der Waals surface area (Å²) < 4.78 is 9.30. The van der Waals surface area contributed by atoms with Crippen molar-refractivity contribution < 1.29 is 3.07 Å². The fourth-order valence-corrected chi connectivity index (χ4v) is 7.84. The van der Waals surface area contributed by atoms with Crippen LogP contribution >= 0.6 is 20.3 Å². The fraction of sp³-hybridized carbons (Fsp3) is 0.263. The van der Waals surface area contributed by atoms with Crippen LogP contribution in [0.2, 0.25) is 8.87 Å². The summed E-state index contributed by atoms with van der Waals surface area (Å²) in [4.78, 5) is 9.14. The Morgan fingerprint density at radius 1 is 1.20 bits per heavy atom. The number of hydrogen-bond acceptors (Lipinski definition) is 4. The summed E-state index contributed by atoms with van der Waals surface area (Å²) in [5.41, 5.74) is 3.16. The van der Waals surface area contributed by atoms with Crippen molar-refractivity contribution in [2.45, 2.75) is 29.6 Å². The van der Waals surface area contributed by atoms with Crippen molar-refractivity contribution in [3.05, 3.63) is 53.6 Å². The van der Waals surface area contributed by atoms with Gasteiger partial charge < -0.3 is 0 Å². The molecule has 1 aromatic heterocycles. The molecule has 0 aliphatic carbocycles. The Morgan fingerprint density at radius 2 is 1.96 bits per heavy atom. The first kappa shape index (κ1) is 18.7. The molecule has 130 valence electrons. The van der Waals surface area contributed by atoms with Crippen LogP contribution in [0.15, 0.2) is 47.5 Å². The molecular weight excluding hydrogens is 458 g/mol. The number of fused-ring (bicyclic) bond motifs is 1. The normalized spacial score (nSPS) is 12.2. The second kappa shape index (κ2) is 8.06. The molecule has 0 amide bonds. The zero-order valence-corrected chi connectivity index (χ0v) is 19.0. The minimum absolute atomic E-state index is 0.752. The van der Waals surface area contributed by atoms with Gasteiger partial charge in [-0.1, -0.05) is 0 Å². The van der Waals surface area contributed by atoms with E-state index < -0.39 is 17.7 Å². The zero-order valence-electron chi connectivity index (χ0n) is 14.6. The maximum absolute atomic E-state index is 6.73.